The van der Waals surface area contributed by atoms with E-state index in [0.29, 0.717) is 22.2 Å². The summed E-state index contributed by atoms with van der Waals surface area (Å²) in [6.45, 7) is 0.567. The first-order valence-electron chi connectivity index (χ1n) is 8.74. The number of Topliss-reactive ketones (excluding diaryl/α,β-unsaturated/α-hetero) is 1. The van der Waals surface area contributed by atoms with Crippen LogP contribution in [-0.2, 0) is 22.7 Å². The van der Waals surface area contributed by atoms with E-state index in [1.54, 1.807) is 42.5 Å². The van der Waals surface area contributed by atoms with E-state index in [1.165, 1.54) is 17.6 Å². The van der Waals surface area contributed by atoms with Crippen molar-refractivity contribution in [3.8, 4) is 11.8 Å². The van der Waals surface area contributed by atoms with Gasteiger partial charge in [-0.05, 0) is 31.2 Å². The topological polar surface area (TPSA) is 111 Å². The molecule has 0 aliphatic heterocycles. The molecular formula is C21H17N3O5. The van der Waals surface area contributed by atoms with Crippen LogP contribution in [-0.4, -0.2) is 27.9 Å². The molecule has 0 bridgehead atoms. The van der Waals surface area contributed by atoms with Gasteiger partial charge >= 0.3 is 5.97 Å². The van der Waals surface area contributed by atoms with Gasteiger partial charge in [-0.3, -0.25) is 14.2 Å². The van der Waals surface area contributed by atoms with Crippen LogP contribution >= 0.6 is 0 Å². The maximum absolute atomic E-state index is 12.6. The SMILES string of the molecule is CC(=O)c1cccc(OCC(=O)OCc2nc3ccccc3c(=O)n2CC#N)c1. The summed E-state index contributed by atoms with van der Waals surface area (Å²) >= 11 is 0. The number of hydrogen-bond donors (Lipinski definition) is 0. The fraction of sp³-hybridized carbons (Fsp3) is 0.190. The number of para-hydroxylation sites is 1. The monoisotopic (exact) mass is 391 g/mol. The van der Waals surface area contributed by atoms with Crippen LogP contribution in [0.1, 0.15) is 23.1 Å². The molecule has 1 aromatic heterocycles. The Hall–Kier alpha value is -3.99. The van der Waals surface area contributed by atoms with E-state index < -0.39 is 5.97 Å². The lowest BCUT2D eigenvalue weighted by Gasteiger charge is -2.12. The summed E-state index contributed by atoms with van der Waals surface area (Å²) in [5.41, 5.74) is 0.548. The first-order valence-corrected chi connectivity index (χ1v) is 8.74. The van der Waals surface area contributed by atoms with Crippen molar-refractivity contribution in [2.24, 2.45) is 0 Å². The number of nitriles is 1. The van der Waals surface area contributed by atoms with Gasteiger partial charge < -0.3 is 9.47 Å². The van der Waals surface area contributed by atoms with Gasteiger partial charge in [0, 0.05) is 5.56 Å². The summed E-state index contributed by atoms with van der Waals surface area (Å²) in [4.78, 5) is 40.3. The standard InChI is InChI=1S/C21H17N3O5/c1-14(25)15-5-4-6-16(11-15)28-13-20(26)29-12-19-23-18-8-3-2-7-17(18)21(27)24(19)10-9-22/h2-8,11H,10,12-13H2,1H3. The predicted octanol–water partition coefficient (Wildman–Crippen LogP) is 2.24. The Morgan fingerprint density at radius 3 is 2.72 bits per heavy atom. The second kappa shape index (κ2) is 8.80. The lowest BCUT2D eigenvalue weighted by Crippen LogP contribution is -2.26. The van der Waals surface area contributed by atoms with Gasteiger partial charge in [-0.15, -0.1) is 0 Å². The van der Waals surface area contributed by atoms with E-state index in [1.807, 2.05) is 6.07 Å². The fourth-order valence-corrected chi connectivity index (χ4v) is 2.69. The number of nitrogens with zero attached hydrogens (tertiary/aromatic N) is 3. The number of hydrogen-bond acceptors (Lipinski definition) is 7. The van der Waals surface area contributed by atoms with Crippen LogP contribution in [0.15, 0.2) is 53.3 Å². The van der Waals surface area contributed by atoms with Crippen LogP contribution in [0.2, 0.25) is 0 Å². The molecule has 0 saturated heterocycles. The molecule has 0 unspecified atom stereocenters. The van der Waals surface area contributed by atoms with Crippen LogP contribution in [0, 0.1) is 11.3 Å². The number of benzene rings is 2. The van der Waals surface area contributed by atoms with Gasteiger partial charge in [0.1, 0.15) is 18.9 Å². The normalized spacial score (nSPS) is 10.3. The minimum absolute atomic E-state index is 0.115. The van der Waals surface area contributed by atoms with Gasteiger partial charge in [0.15, 0.2) is 18.2 Å². The molecule has 0 amide bonds. The van der Waals surface area contributed by atoms with Crippen molar-refractivity contribution in [1.82, 2.24) is 9.55 Å². The average Bonchev–Trinajstić information content (AvgIpc) is 2.73. The van der Waals surface area contributed by atoms with Crippen LogP contribution in [0.4, 0.5) is 0 Å². The van der Waals surface area contributed by atoms with Crippen molar-refractivity contribution in [3.05, 3.63) is 70.3 Å². The molecule has 8 nitrogen and oxygen atoms in total. The van der Waals surface area contributed by atoms with E-state index in [2.05, 4.69) is 4.98 Å². The molecule has 3 rings (SSSR count). The molecule has 0 aliphatic carbocycles. The Labute approximate surface area is 165 Å². The predicted molar refractivity (Wildman–Crippen MR) is 103 cm³/mol. The number of rotatable bonds is 7. The quantitative estimate of drug-likeness (QED) is 0.448. The third-order valence-electron chi connectivity index (χ3n) is 4.13. The summed E-state index contributed by atoms with van der Waals surface area (Å²) in [5.74, 6) is -0.262. The number of ketones is 1. The third-order valence-corrected chi connectivity index (χ3v) is 4.13. The molecule has 0 atom stereocenters. The Bertz CT molecular complexity index is 1180. The van der Waals surface area contributed by atoms with E-state index in [9.17, 15) is 14.4 Å². The van der Waals surface area contributed by atoms with Crippen LogP contribution < -0.4 is 10.3 Å². The van der Waals surface area contributed by atoms with Crippen LogP contribution in [0.25, 0.3) is 10.9 Å². The molecule has 0 fully saturated rings. The molecule has 0 aliphatic rings. The molecule has 0 saturated carbocycles. The Morgan fingerprint density at radius 2 is 1.97 bits per heavy atom. The molecule has 29 heavy (non-hydrogen) atoms. The first-order chi connectivity index (χ1) is 14.0. The van der Waals surface area contributed by atoms with Crippen molar-refractivity contribution in [2.45, 2.75) is 20.1 Å². The van der Waals surface area contributed by atoms with Crippen molar-refractivity contribution in [1.29, 1.82) is 5.26 Å². The van der Waals surface area contributed by atoms with Gasteiger partial charge in [0.05, 0.1) is 17.0 Å². The van der Waals surface area contributed by atoms with Gasteiger partial charge in [-0.25, -0.2) is 9.78 Å². The summed E-state index contributed by atoms with van der Waals surface area (Å²) in [5, 5.41) is 9.38. The zero-order valence-electron chi connectivity index (χ0n) is 15.6. The maximum Gasteiger partial charge on any atom is 0.344 e. The van der Waals surface area contributed by atoms with E-state index in [4.69, 9.17) is 14.7 Å². The van der Waals surface area contributed by atoms with Crippen molar-refractivity contribution in [2.75, 3.05) is 6.61 Å². The Kier molecular flexibility index (Phi) is 6.00. The average molecular weight is 391 g/mol. The zero-order valence-corrected chi connectivity index (χ0v) is 15.6. The highest BCUT2D eigenvalue weighted by atomic mass is 16.6. The Balaban J connectivity index is 1.70. The number of esters is 1. The lowest BCUT2D eigenvalue weighted by molar-refractivity contribution is -0.147. The van der Waals surface area contributed by atoms with Gasteiger partial charge in [0.25, 0.3) is 5.56 Å². The molecular weight excluding hydrogens is 374 g/mol. The highest BCUT2D eigenvalue weighted by Gasteiger charge is 2.13. The zero-order chi connectivity index (χ0) is 20.8. The van der Waals surface area contributed by atoms with Crippen molar-refractivity contribution >= 4 is 22.7 Å². The number of ether oxygens (including phenoxy) is 2. The summed E-state index contributed by atoms with van der Waals surface area (Å²) < 4.78 is 11.7. The molecule has 0 radical (unpaired) electrons. The summed E-state index contributed by atoms with van der Waals surface area (Å²) in [6, 6.07) is 15.1. The molecule has 8 heteroatoms. The van der Waals surface area contributed by atoms with Gasteiger partial charge in [-0.1, -0.05) is 24.3 Å². The van der Waals surface area contributed by atoms with Crippen LogP contribution in [0.5, 0.6) is 5.75 Å². The summed E-state index contributed by atoms with van der Waals surface area (Å²) in [6.07, 6.45) is 0. The van der Waals surface area contributed by atoms with E-state index in [-0.39, 0.29) is 36.9 Å². The largest absolute Gasteiger partial charge is 0.482 e. The number of fused-ring (bicyclic) bond motifs is 1. The third kappa shape index (κ3) is 4.65. The highest BCUT2D eigenvalue weighted by Crippen LogP contribution is 2.14. The molecule has 146 valence electrons. The fourth-order valence-electron chi connectivity index (χ4n) is 2.69. The number of aromatic nitrogens is 2. The minimum Gasteiger partial charge on any atom is -0.482 e. The molecule has 3 aromatic rings. The van der Waals surface area contributed by atoms with Crippen LogP contribution in [0.3, 0.4) is 0 Å². The molecule has 0 N–H and O–H groups in total. The summed E-state index contributed by atoms with van der Waals surface area (Å²) in [7, 11) is 0. The Morgan fingerprint density at radius 1 is 1.17 bits per heavy atom. The van der Waals surface area contributed by atoms with Crippen molar-refractivity contribution in [3.63, 3.8) is 0 Å². The second-order valence-electron chi connectivity index (χ2n) is 6.13. The molecule has 0 spiro atoms. The van der Waals surface area contributed by atoms with Gasteiger partial charge in [-0.2, -0.15) is 5.26 Å². The van der Waals surface area contributed by atoms with Gasteiger partial charge in [0.2, 0.25) is 0 Å². The minimum atomic E-state index is -0.677. The smallest absolute Gasteiger partial charge is 0.344 e. The first kappa shape index (κ1) is 19.8. The number of carbonyl (C=O) groups excluding carboxylic acids is 2. The van der Waals surface area contributed by atoms with E-state index >= 15 is 0 Å². The maximum atomic E-state index is 12.6. The molecule has 1 heterocycles. The second-order valence-corrected chi connectivity index (χ2v) is 6.13. The van der Waals surface area contributed by atoms with E-state index in [0.717, 1.165) is 0 Å². The number of carbonyl (C=O) groups is 2. The van der Waals surface area contributed by atoms with Crippen molar-refractivity contribution < 1.29 is 19.1 Å². The lowest BCUT2D eigenvalue weighted by atomic mass is 10.1. The highest BCUT2D eigenvalue weighted by molar-refractivity contribution is 5.94. The molecule has 2 aromatic carbocycles.